The molecule has 0 bridgehead atoms. The van der Waals surface area contributed by atoms with Crippen molar-refractivity contribution in [2.75, 3.05) is 18.6 Å². The van der Waals surface area contributed by atoms with E-state index >= 15 is 0 Å². The van der Waals surface area contributed by atoms with Gasteiger partial charge >= 0.3 is 0 Å². The molecule has 178 valence electrons. The largest absolute Gasteiger partial charge is 0.507 e. The van der Waals surface area contributed by atoms with E-state index in [0.29, 0.717) is 11.7 Å². The van der Waals surface area contributed by atoms with Gasteiger partial charge in [-0.15, -0.1) is 0 Å². The van der Waals surface area contributed by atoms with Gasteiger partial charge in [0.25, 0.3) is 5.91 Å². The zero-order valence-corrected chi connectivity index (χ0v) is 20.6. The standard InChI is InChI=1S/C28H33N3O3/c1-6-11-31-24-15-26(34-5)21(13-22(24)18(2)16-28(31,3)4)17-29-30-27(33)23-12-19-9-7-8-10-20(19)14-25(23)32/h7-10,12-15,17-18,32H,6,11,16H2,1-5H3,(H,30,33)/b29-17-. The van der Waals surface area contributed by atoms with Crippen molar-refractivity contribution in [3.8, 4) is 11.5 Å². The molecule has 1 aliphatic heterocycles. The number of hydrazone groups is 1. The van der Waals surface area contributed by atoms with E-state index < -0.39 is 5.91 Å². The number of ether oxygens (including phenoxy) is 1. The predicted octanol–water partition coefficient (Wildman–Crippen LogP) is 5.82. The number of aromatic hydroxyl groups is 1. The molecule has 1 atom stereocenters. The molecule has 0 saturated carbocycles. The highest BCUT2D eigenvalue weighted by molar-refractivity contribution is 6.01. The predicted molar refractivity (Wildman–Crippen MR) is 138 cm³/mol. The van der Waals surface area contributed by atoms with Gasteiger partial charge in [0.05, 0.1) is 18.9 Å². The third-order valence-corrected chi connectivity index (χ3v) is 6.66. The zero-order chi connectivity index (χ0) is 24.5. The number of amides is 1. The summed E-state index contributed by atoms with van der Waals surface area (Å²) < 4.78 is 5.68. The maximum Gasteiger partial charge on any atom is 0.275 e. The van der Waals surface area contributed by atoms with Crippen LogP contribution in [0.5, 0.6) is 11.5 Å². The van der Waals surface area contributed by atoms with Crippen molar-refractivity contribution in [1.29, 1.82) is 0 Å². The minimum atomic E-state index is -0.472. The van der Waals surface area contributed by atoms with Crippen molar-refractivity contribution >= 4 is 28.6 Å². The van der Waals surface area contributed by atoms with Crippen molar-refractivity contribution in [2.45, 2.75) is 52.0 Å². The minimum absolute atomic E-state index is 0.0683. The normalized spacial score (nSPS) is 17.1. The fraction of sp³-hybridized carbons (Fsp3) is 0.357. The molecular formula is C28H33N3O3. The second kappa shape index (κ2) is 9.37. The van der Waals surface area contributed by atoms with Crippen LogP contribution in [0.25, 0.3) is 10.8 Å². The maximum atomic E-state index is 12.7. The molecular weight excluding hydrogens is 426 g/mol. The SMILES string of the molecule is CCCN1c2cc(OC)c(/C=N\NC(=O)c3cc4ccccc4cc3O)cc2C(C)CC1(C)C. The molecule has 3 aromatic rings. The van der Waals surface area contributed by atoms with Crippen LogP contribution in [0.3, 0.4) is 0 Å². The summed E-state index contributed by atoms with van der Waals surface area (Å²) in [6.45, 7) is 10.0. The molecule has 0 aliphatic carbocycles. The lowest BCUT2D eigenvalue weighted by molar-refractivity contribution is 0.0952. The summed E-state index contributed by atoms with van der Waals surface area (Å²) in [5.74, 6) is 0.544. The zero-order valence-electron chi connectivity index (χ0n) is 20.6. The number of phenols is 1. The quantitative estimate of drug-likeness (QED) is 0.360. The van der Waals surface area contributed by atoms with Crippen LogP contribution in [0, 0.1) is 0 Å². The monoisotopic (exact) mass is 459 g/mol. The lowest BCUT2D eigenvalue weighted by Gasteiger charge is -2.47. The summed E-state index contributed by atoms with van der Waals surface area (Å²) in [5.41, 5.74) is 6.05. The number of nitrogens with zero attached hydrogens (tertiary/aromatic N) is 2. The fourth-order valence-corrected chi connectivity index (χ4v) is 5.08. The van der Waals surface area contributed by atoms with E-state index in [1.165, 1.54) is 11.3 Å². The number of methoxy groups -OCH3 is 1. The Labute approximate surface area is 201 Å². The molecule has 34 heavy (non-hydrogen) atoms. The van der Waals surface area contributed by atoms with Gasteiger partial charge in [0.15, 0.2) is 0 Å². The second-order valence-corrected chi connectivity index (χ2v) is 9.64. The van der Waals surface area contributed by atoms with E-state index in [1.54, 1.807) is 25.5 Å². The Morgan fingerprint density at radius 1 is 1.24 bits per heavy atom. The van der Waals surface area contributed by atoms with Crippen LogP contribution >= 0.6 is 0 Å². The highest BCUT2D eigenvalue weighted by Crippen LogP contribution is 2.45. The molecule has 4 rings (SSSR count). The van der Waals surface area contributed by atoms with Gasteiger partial charge in [-0.2, -0.15) is 5.10 Å². The molecule has 0 radical (unpaired) electrons. The van der Waals surface area contributed by atoms with Gasteiger partial charge in [-0.05, 0) is 67.1 Å². The van der Waals surface area contributed by atoms with E-state index in [9.17, 15) is 9.90 Å². The van der Waals surface area contributed by atoms with Crippen molar-refractivity contribution in [3.63, 3.8) is 0 Å². The molecule has 0 spiro atoms. The molecule has 1 heterocycles. The Kier molecular flexibility index (Phi) is 6.51. The Morgan fingerprint density at radius 3 is 2.62 bits per heavy atom. The van der Waals surface area contributed by atoms with Crippen molar-refractivity contribution < 1.29 is 14.6 Å². The van der Waals surface area contributed by atoms with Gasteiger partial charge in [0, 0.05) is 29.4 Å². The molecule has 0 fully saturated rings. The average Bonchev–Trinajstić information content (AvgIpc) is 2.80. The lowest BCUT2D eigenvalue weighted by atomic mass is 9.79. The summed E-state index contributed by atoms with van der Waals surface area (Å²) in [7, 11) is 1.65. The topological polar surface area (TPSA) is 74.2 Å². The van der Waals surface area contributed by atoms with Crippen LogP contribution in [0.4, 0.5) is 5.69 Å². The average molecular weight is 460 g/mol. The van der Waals surface area contributed by atoms with Crippen LogP contribution in [-0.4, -0.2) is 36.4 Å². The Morgan fingerprint density at radius 2 is 1.94 bits per heavy atom. The Balaban J connectivity index is 1.61. The molecule has 6 heteroatoms. The molecule has 1 unspecified atom stereocenters. The van der Waals surface area contributed by atoms with Gasteiger partial charge in [0.2, 0.25) is 0 Å². The lowest BCUT2D eigenvalue weighted by Crippen LogP contribution is -2.48. The Bertz CT molecular complexity index is 1250. The number of carbonyl (C=O) groups is 1. The second-order valence-electron chi connectivity index (χ2n) is 9.64. The first kappa shape index (κ1) is 23.6. The highest BCUT2D eigenvalue weighted by Gasteiger charge is 2.36. The first-order valence-electron chi connectivity index (χ1n) is 11.8. The number of fused-ring (bicyclic) bond motifs is 2. The number of benzene rings is 3. The Hall–Kier alpha value is -3.54. The van der Waals surface area contributed by atoms with Gasteiger partial charge in [0.1, 0.15) is 11.5 Å². The van der Waals surface area contributed by atoms with E-state index in [0.717, 1.165) is 35.7 Å². The van der Waals surface area contributed by atoms with Crippen molar-refractivity contribution in [1.82, 2.24) is 5.43 Å². The van der Waals surface area contributed by atoms with E-state index in [4.69, 9.17) is 4.74 Å². The summed E-state index contributed by atoms with van der Waals surface area (Å²) in [4.78, 5) is 15.2. The number of hydrogen-bond donors (Lipinski definition) is 2. The summed E-state index contributed by atoms with van der Waals surface area (Å²) in [6.07, 6.45) is 3.73. The van der Waals surface area contributed by atoms with Crippen molar-refractivity contribution in [2.24, 2.45) is 5.10 Å². The number of carbonyl (C=O) groups excluding carboxylic acids is 1. The number of hydrogen-bond acceptors (Lipinski definition) is 5. The number of nitrogens with one attached hydrogen (secondary N) is 1. The minimum Gasteiger partial charge on any atom is -0.507 e. The molecule has 0 saturated heterocycles. The maximum absolute atomic E-state index is 12.7. The molecule has 1 amide bonds. The van der Waals surface area contributed by atoms with Gasteiger partial charge < -0.3 is 14.7 Å². The molecule has 2 N–H and O–H groups in total. The number of rotatable bonds is 6. The summed E-state index contributed by atoms with van der Waals surface area (Å²) in [5, 5.41) is 16.2. The first-order chi connectivity index (χ1) is 16.2. The fourth-order valence-electron chi connectivity index (χ4n) is 5.08. The van der Waals surface area contributed by atoms with Crippen LogP contribution in [0.2, 0.25) is 0 Å². The van der Waals surface area contributed by atoms with E-state index in [2.05, 4.69) is 55.3 Å². The van der Waals surface area contributed by atoms with E-state index in [1.807, 2.05) is 24.3 Å². The summed E-state index contributed by atoms with van der Waals surface area (Å²) >= 11 is 0. The van der Waals surface area contributed by atoms with Crippen LogP contribution in [0.1, 0.15) is 67.9 Å². The van der Waals surface area contributed by atoms with Crippen LogP contribution < -0.4 is 15.1 Å². The number of anilines is 1. The molecule has 1 aliphatic rings. The first-order valence-corrected chi connectivity index (χ1v) is 11.8. The van der Waals surface area contributed by atoms with Gasteiger partial charge in [-0.3, -0.25) is 4.79 Å². The smallest absolute Gasteiger partial charge is 0.275 e. The number of phenolic OH excluding ortho intramolecular Hbond substituents is 1. The van der Waals surface area contributed by atoms with Crippen LogP contribution in [0.15, 0.2) is 53.6 Å². The molecule has 3 aromatic carbocycles. The van der Waals surface area contributed by atoms with Gasteiger partial charge in [-0.1, -0.05) is 38.1 Å². The third kappa shape index (κ3) is 4.45. The summed E-state index contributed by atoms with van der Waals surface area (Å²) in [6, 6.07) is 15.0. The molecule has 0 aromatic heterocycles. The van der Waals surface area contributed by atoms with Gasteiger partial charge in [-0.25, -0.2) is 5.43 Å². The molecule has 6 nitrogen and oxygen atoms in total. The van der Waals surface area contributed by atoms with E-state index in [-0.39, 0.29) is 16.9 Å². The highest BCUT2D eigenvalue weighted by atomic mass is 16.5. The third-order valence-electron chi connectivity index (χ3n) is 6.66. The van der Waals surface area contributed by atoms with Crippen LogP contribution in [-0.2, 0) is 0 Å². The van der Waals surface area contributed by atoms with Crippen molar-refractivity contribution in [3.05, 3.63) is 65.2 Å².